The highest BCUT2D eigenvalue weighted by Gasteiger charge is 2.14. The molecular formula is C9H17N5. The van der Waals surface area contributed by atoms with Crippen molar-refractivity contribution in [1.82, 2.24) is 25.0 Å². The fraction of sp³-hybridized carbons (Fsp3) is 0.778. The molecule has 14 heavy (non-hydrogen) atoms. The highest BCUT2D eigenvalue weighted by atomic mass is 15.3. The second-order valence-electron chi connectivity index (χ2n) is 3.91. The van der Waals surface area contributed by atoms with Gasteiger partial charge in [-0.2, -0.15) is 0 Å². The Bertz CT molecular complexity index is 304. The highest BCUT2D eigenvalue weighted by molar-refractivity contribution is 4.98. The van der Waals surface area contributed by atoms with Gasteiger partial charge in [-0.05, 0) is 14.1 Å². The summed E-state index contributed by atoms with van der Waals surface area (Å²) in [5.41, 5.74) is 0. The molecule has 2 rings (SSSR count). The molecule has 2 heterocycles. The molecule has 78 valence electrons. The van der Waals surface area contributed by atoms with E-state index in [0.29, 0.717) is 0 Å². The summed E-state index contributed by atoms with van der Waals surface area (Å²) in [6, 6.07) is 0. The van der Waals surface area contributed by atoms with E-state index in [9.17, 15) is 0 Å². The zero-order valence-electron chi connectivity index (χ0n) is 8.82. The summed E-state index contributed by atoms with van der Waals surface area (Å²) in [7, 11) is 4.16. The number of rotatable bonds is 3. The first-order chi connectivity index (χ1) is 6.77. The van der Waals surface area contributed by atoms with Gasteiger partial charge in [0.2, 0.25) is 0 Å². The molecule has 5 nitrogen and oxygen atoms in total. The van der Waals surface area contributed by atoms with Crippen molar-refractivity contribution in [3.05, 3.63) is 11.6 Å². The molecule has 0 saturated carbocycles. The van der Waals surface area contributed by atoms with E-state index < -0.39 is 0 Å². The third-order valence-electron chi connectivity index (χ3n) is 2.48. The maximum absolute atomic E-state index is 4.22. The Morgan fingerprint density at radius 3 is 3.07 bits per heavy atom. The first kappa shape index (κ1) is 9.61. The van der Waals surface area contributed by atoms with E-state index in [2.05, 4.69) is 39.1 Å². The molecule has 1 aliphatic rings. The minimum absolute atomic E-state index is 0.856. The number of nitrogens with one attached hydrogen (secondary N) is 1. The molecule has 0 aliphatic carbocycles. The van der Waals surface area contributed by atoms with Crippen molar-refractivity contribution in [2.45, 2.75) is 19.5 Å². The van der Waals surface area contributed by atoms with E-state index in [4.69, 9.17) is 0 Å². The van der Waals surface area contributed by atoms with Crippen molar-refractivity contribution in [3.63, 3.8) is 0 Å². The average molecular weight is 195 g/mol. The number of likely N-dealkylation sites (N-methyl/N-ethyl adjacent to an activating group) is 1. The Morgan fingerprint density at radius 2 is 2.29 bits per heavy atom. The van der Waals surface area contributed by atoms with Crippen molar-refractivity contribution >= 4 is 0 Å². The molecule has 0 saturated heterocycles. The smallest absolute Gasteiger partial charge is 0.147 e. The number of hydrogen-bond donors (Lipinski definition) is 1. The van der Waals surface area contributed by atoms with E-state index in [1.54, 1.807) is 0 Å². The predicted octanol–water partition coefficient (Wildman–Crippen LogP) is -0.515. The number of hydrogen-bond acceptors (Lipinski definition) is 4. The van der Waals surface area contributed by atoms with Gasteiger partial charge in [0.25, 0.3) is 0 Å². The van der Waals surface area contributed by atoms with E-state index >= 15 is 0 Å². The van der Waals surface area contributed by atoms with Crippen LogP contribution >= 0.6 is 0 Å². The van der Waals surface area contributed by atoms with E-state index in [1.165, 1.54) is 0 Å². The molecule has 0 bridgehead atoms. The molecule has 0 amide bonds. The Balaban J connectivity index is 2.06. The average Bonchev–Trinajstić information content (AvgIpc) is 2.58. The lowest BCUT2D eigenvalue weighted by Gasteiger charge is -2.16. The maximum atomic E-state index is 4.22. The van der Waals surface area contributed by atoms with Crippen LogP contribution in [0.2, 0.25) is 0 Å². The Hall–Kier alpha value is -0.940. The summed E-state index contributed by atoms with van der Waals surface area (Å²) in [5.74, 6) is 2.19. The first-order valence-electron chi connectivity index (χ1n) is 5.04. The van der Waals surface area contributed by atoms with Gasteiger partial charge in [-0.15, -0.1) is 10.2 Å². The third-order valence-corrected chi connectivity index (χ3v) is 2.48. The molecule has 1 N–H and O–H groups in total. The fourth-order valence-corrected chi connectivity index (χ4v) is 1.66. The van der Waals surface area contributed by atoms with Crippen molar-refractivity contribution in [3.8, 4) is 0 Å². The summed E-state index contributed by atoms with van der Waals surface area (Å²) in [4.78, 5) is 2.17. The summed E-state index contributed by atoms with van der Waals surface area (Å²) in [6.07, 6.45) is 0.986. The SMILES string of the molecule is CN(C)CCc1nnc2n1CCNC2. The molecule has 0 spiro atoms. The molecule has 0 unspecified atom stereocenters. The largest absolute Gasteiger partial charge is 0.313 e. The van der Waals surface area contributed by atoms with Crippen LogP contribution in [0.4, 0.5) is 0 Å². The van der Waals surface area contributed by atoms with Crippen LogP contribution in [-0.2, 0) is 19.5 Å². The monoisotopic (exact) mass is 195 g/mol. The second-order valence-corrected chi connectivity index (χ2v) is 3.91. The highest BCUT2D eigenvalue weighted by Crippen LogP contribution is 2.06. The first-order valence-corrected chi connectivity index (χ1v) is 5.04. The van der Waals surface area contributed by atoms with Crippen molar-refractivity contribution in [2.24, 2.45) is 0 Å². The van der Waals surface area contributed by atoms with Crippen LogP contribution in [-0.4, -0.2) is 46.8 Å². The summed E-state index contributed by atoms with van der Waals surface area (Å²) in [5, 5.41) is 11.7. The quantitative estimate of drug-likeness (QED) is 0.705. The summed E-state index contributed by atoms with van der Waals surface area (Å²) in [6.45, 7) is 3.92. The number of nitrogens with zero attached hydrogens (tertiary/aromatic N) is 4. The third kappa shape index (κ3) is 1.93. The lowest BCUT2D eigenvalue weighted by atomic mass is 10.3. The fourth-order valence-electron chi connectivity index (χ4n) is 1.66. The Labute approximate surface area is 84.1 Å². The standard InChI is InChI=1S/C9H17N5/c1-13(2)5-3-8-11-12-9-7-10-4-6-14(8)9/h10H,3-7H2,1-2H3. The molecule has 5 heteroatoms. The van der Waals surface area contributed by atoms with Crippen LogP contribution in [0.1, 0.15) is 11.6 Å². The maximum Gasteiger partial charge on any atom is 0.147 e. The van der Waals surface area contributed by atoms with Gasteiger partial charge in [-0.1, -0.05) is 0 Å². The molecular weight excluding hydrogens is 178 g/mol. The molecule has 1 aliphatic heterocycles. The van der Waals surface area contributed by atoms with Gasteiger partial charge in [-0.25, -0.2) is 0 Å². The summed E-state index contributed by atoms with van der Waals surface area (Å²) < 4.78 is 2.24. The Kier molecular flexibility index (Phi) is 2.79. The summed E-state index contributed by atoms with van der Waals surface area (Å²) >= 11 is 0. The van der Waals surface area contributed by atoms with Crippen LogP contribution in [0.5, 0.6) is 0 Å². The van der Waals surface area contributed by atoms with Crippen LogP contribution in [0, 0.1) is 0 Å². The van der Waals surface area contributed by atoms with Crippen molar-refractivity contribution in [2.75, 3.05) is 27.2 Å². The molecule has 0 fully saturated rings. The van der Waals surface area contributed by atoms with Crippen molar-refractivity contribution < 1.29 is 0 Å². The van der Waals surface area contributed by atoms with Gasteiger partial charge in [-0.3, -0.25) is 0 Å². The molecule has 0 aromatic carbocycles. The molecule has 1 aromatic rings. The van der Waals surface area contributed by atoms with Crippen LogP contribution in [0.25, 0.3) is 0 Å². The topological polar surface area (TPSA) is 46.0 Å². The van der Waals surface area contributed by atoms with Gasteiger partial charge in [0.1, 0.15) is 11.6 Å². The zero-order chi connectivity index (χ0) is 9.97. The van der Waals surface area contributed by atoms with Crippen LogP contribution in [0.3, 0.4) is 0 Å². The minimum Gasteiger partial charge on any atom is -0.313 e. The van der Waals surface area contributed by atoms with E-state index in [-0.39, 0.29) is 0 Å². The van der Waals surface area contributed by atoms with Crippen LogP contribution in [0.15, 0.2) is 0 Å². The zero-order valence-corrected chi connectivity index (χ0v) is 8.82. The minimum atomic E-state index is 0.856. The Morgan fingerprint density at radius 1 is 1.43 bits per heavy atom. The van der Waals surface area contributed by atoms with Gasteiger partial charge >= 0.3 is 0 Å². The second kappa shape index (κ2) is 4.06. The molecule has 0 radical (unpaired) electrons. The van der Waals surface area contributed by atoms with Crippen LogP contribution < -0.4 is 5.32 Å². The lowest BCUT2D eigenvalue weighted by Crippen LogP contribution is -2.29. The molecule has 0 atom stereocenters. The van der Waals surface area contributed by atoms with E-state index in [1.807, 2.05) is 0 Å². The number of aromatic nitrogens is 3. The van der Waals surface area contributed by atoms with Gasteiger partial charge < -0.3 is 14.8 Å². The van der Waals surface area contributed by atoms with Gasteiger partial charge in [0.05, 0.1) is 6.54 Å². The van der Waals surface area contributed by atoms with Gasteiger partial charge in [0.15, 0.2) is 0 Å². The van der Waals surface area contributed by atoms with Crippen molar-refractivity contribution in [1.29, 1.82) is 0 Å². The number of fused-ring (bicyclic) bond motifs is 1. The van der Waals surface area contributed by atoms with E-state index in [0.717, 1.165) is 44.2 Å². The van der Waals surface area contributed by atoms with Gasteiger partial charge in [0, 0.05) is 26.1 Å². The normalized spacial score (nSPS) is 15.9. The predicted molar refractivity (Wildman–Crippen MR) is 54.0 cm³/mol. The lowest BCUT2D eigenvalue weighted by molar-refractivity contribution is 0.401. The molecule has 1 aromatic heterocycles.